The molecule has 3 aromatic carbocycles. The number of Topliss-reactive ketones (excluding diaryl/α,β-unsaturated/α-hetero) is 1. The van der Waals surface area contributed by atoms with Gasteiger partial charge in [-0.05, 0) is 49.2 Å². The first kappa shape index (κ1) is 22.7. The molecule has 35 heavy (non-hydrogen) atoms. The van der Waals surface area contributed by atoms with Crippen LogP contribution in [0.2, 0.25) is 0 Å². The molecule has 1 aliphatic rings. The van der Waals surface area contributed by atoms with Crippen molar-refractivity contribution in [1.29, 1.82) is 0 Å². The third-order valence-electron chi connectivity index (χ3n) is 6.35. The lowest BCUT2D eigenvalue weighted by molar-refractivity contribution is -0.119. The van der Waals surface area contributed by atoms with E-state index in [1.807, 2.05) is 80.6 Å². The van der Waals surface area contributed by atoms with Gasteiger partial charge < -0.3 is 19.4 Å². The highest BCUT2D eigenvalue weighted by molar-refractivity contribution is 5.87. The third kappa shape index (κ3) is 4.92. The number of fused-ring (bicyclic) bond motifs is 2. The van der Waals surface area contributed by atoms with Gasteiger partial charge in [0.25, 0.3) is 5.56 Å². The van der Waals surface area contributed by atoms with E-state index in [2.05, 4.69) is 5.32 Å². The van der Waals surface area contributed by atoms with Crippen LogP contribution in [0.25, 0.3) is 10.9 Å². The van der Waals surface area contributed by atoms with Crippen molar-refractivity contribution in [3.8, 4) is 11.5 Å². The Morgan fingerprint density at radius 1 is 0.914 bits per heavy atom. The highest BCUT2D eigenvalue weighted by Crippen LogP contribution is 2.34. The highest BCUT2D eigenvalue weighted by Gasteiger charge is 2.18. The molecule has 2 heterocycles. The summed E-state index contributed by atoms with van der Waals surface area (Å²) in [4.78, 5) is 26.7. The minimum Gasteiger partial charge on any atom is -0.486 e. The molecular weight excluding hydrogens is 440 g/mol. The standard InChI is InChI=1S/C29H28N2O4/c1-19-7-9-24(10-8-19)30-17-23-13-22-15-27-28(35-12-11-34-27)16-26(22)31(29(23)33)18-25(32)14-21-6-4-3-5-20(21)2/h3-10,13,15-16,30H,11-12,14,17-18H2,1-2H3. The Morgan fingerprint density at radius 3 is 2.37 bits per heavy atom. The first-order chi connectivity index (χ1) is 17.0. The summed E-state index contributed by atoms with van der Waals surface area (Å²) in [6, 6.07) is 21.4. The third-order valence-corrected chi connectivity index (χ3v) is 6.35. The Hall–Kier alpha value is -4.06. The van der Waals surface area contributed by atoms with Crippen LogP contribution in [0.3, 0.4) is 0 Å². The van der Waals surface area contributed by atoms with Gasteiger partial charge in [0.05, 0.1) is 12.1 Å². The number of benzene rings is 3. The number of carbonyl (C=O) groups excluding carboxylic acids is 1. The molecule has 1 N–H and O–H groups in total. The second-order valence-corrected chi connectivity index (χ2v) is 8.98. The fourth-order valence-electron chi connectivity index (χ4n) is 4.38. The van der Waals surface area contributed by atoms with Crippen molar-refractivity contribution in [3.63, 3.8) is 0 Å². The number of pyridine rings is 1. The predicted octanol–water partition coefficient (Wildman–Crippen LogP) is 4.81. The number of hydrogen-bond donors (Lipinski definition) is 1. The van der Waals surface area contributed by atoms with Gasteiger partial charge in [0.1, 0.15) is 13.2 Å². The molecular formula is C29H28N2O4. The van der Waals surface area contributed by atoms with Crippen LogP contribution in [0.1, 0.15) is 22.3 Å². The molecule has 0 spiro atoms. The van der Waals surface area contributed by atoms with Gasteiger partial charge in [-0.15, -0.1) is 0 Å². The zero-order chi connectivity index (χ0) is 24.4. The number of aromatic nitrogens is 1. The molecule has 0 bridgehead atoms. The lowest BCUT2D eigenvalue weighted by Crippen LogP contribution is -2.29. The lowest BCUT2D eigenvalue weighted by Gasteiger charge is -2.21. The van der Waals surface area contributed by atoms with Gasteiger partial charge >= 0.3 is 0 Å². The number of hydrogen-bond acceptors (Lipinski definition) is 5. The quantitative estimate of drug-likeness (QED) is 0.421. The van der Waals surface area contributed by atoms with E-state index in [-0.39, 0.29) is 24.3 Å². The van der Waals surface area contributed by atoms with E-state index in [9.17, 15) is 9.59 Å². The van der Waals surface area contributed by atoms with Crippen LogP contribution in [0, 0.1) is 13.8 Å². The number of anilines is 1. The number of ether oxygens (including phenoxy) is 2. The molecule has 0 atom stereocenters. The second-order valence-electron chi connectivity index (χ2n) is 8.98. The Kier molecular flexibility index (Phi) is 6.27. The predicted molar refractivity (Wildman–Crippen MR) is 138 cm³/mol. The minimum absolute atomic E-state index is 0.0122. The normalized spacial score (nSPS) is 12.5. The van der Waals surface area contributed by atoms with Gasteiger partial charge in [-0.1, -0.05) is 42.0 Å². The zero-order valence-electron chi connectivity index (χ0n) is 20.0. The Balaban J connectivity index is 1.52. The van der Waals surface area contributed by atoms with Gasteiger partial charge in [0.15, 0.2) is 17.3 Å². The monoisotopic (exact) mass is 468 g/mol. The highest BCUT2D eigenvalue weighted by atomic mass is 16.6. The van der Waals surface area contributed by atoms with Gasteiger partial charge in [-0.2, -0.15) is 0 Å². The van der Waals surface area contributed by atoms with Crippen molar-refractivity contribution in [2.75, 3.05) is 18.5 Å². The smallest absolute Gasteiger partial charge is 0.256 e. The summed E-state index contributed by atoms with van der Waals surface area (Å²) < 4.78 is 13.1. The maximum absolute atomic E-state index is 13.6. The van der Waals surface area contributed by atoms with Crippen molar-refractivity contribution in [3.05, 3.63) is 99.3 Å². The first-order valence-corrected chi connectivity index (χ1v) is 11.8. The minimum atomic E-state index is -0.188. The maximum Gasteiger partial charge on any atom is 0.256 e. The molecule has 5 rings (SSSR count). The molecule has 4 aromatic rings. The van der Waals surface area contributed by atoms with Gasteiger partial charge in [0.2, 0.25) is 0 Å². The van der Waals surface area contributed by atoms with E-state index in [4.69, 9.17) is 9.47 Å². The Morgan fingerprint density at radius 2 is 1.63 bits per heavy atom. The van der Waals surface area contributed by atoms with Crippen LogP contribution in [0.4, 0.5) is 5.69 Å². The summed E-state index contributed by atoms with van der Waals surface area (Å²) in [6.07, 6.45) is 0.275. The summed E-state index contributed by atoms with van der Waals surface area (Å²) in [5, 5.41) is 4.16. The SMILES string of the molecule is Cc1ccc(NCc2cc3cc4c(cc3n(CC(=O)Cc3ccccc3C)c2=O)OCCO4)cc1. The number of carbonyl (C=O) groups is 1. The van der Waals surface area contributed by atoms with E-state index in [0.717, 1.165) is 22.2 Å². The average Bonchev–Trinajstić information content (AvgIpc) is 2.86. The molecule has 0 fully saturated rings. The molecule has 178 valence electrons. The lowest BCUT2D eigenvalue weighted by atomic mass is 10.0. The average molecular weight is 469 g/mol. The first-order valence-electron chi connectivity index (χ1n) is 11.8. The molecule has 0 radical (unpaired) electrons. The second kappa shape index (κ2) is 9.66. The van der Waals surface area contributed by atoms with Crippen LogP contribution in [0.15, 0.2) is 71.5 Å². The number of aryl methyl sites for hydroxylation is 2. The van der Waals surface area contributed by atoms with Crippen LogP contribution in [-0.2, 0) is 24.3 Å². The summed E-state index contributed by atoms with van der Waals surface area (Å²) >= 11 is 0. The zero-order valence-corrected chi connectivity index (χ0v) is 20.0. The molecule has 6 heteroatoms. The Bertz CT molecular complexity index is 1450. The summed E-state index contributed by atoms with van der Waals surface area (Å²) in [5.41, 5.74) is 5.19. The molecule has 1 aliphatic heterocycles. The van der Waals surface area contributed by atoms with Crippen molar-refractivity contribution in [2.24, 2.45) is 0 Å². The summed E-state index contributed by atoms with van der Waals surface area (Å²) in [7, 11) is 0. The number of rotatable bonds is 7. The van der Waals surface area contributed by atoms with Gasteiger partial charge in [-0.3, -0.25) is 9.59 Å². The van der Waals surface area contributed by atoms with Crippen molar-refractivity contribution < 1.29 is 14.3 Å². The number of nitrogens with one attached hydrogen (secondary N) is 1. The fourth-order valence-corrected chi connectivity index (χ4v) is 4.38. The summed E-state index contributed by atoms with van der Waals surface area (Å²) in [6.45, 7) is 5.29. The topological polar surface area (TPSA) is 69.6 Å². The molecule has 6 nitrogen and oxygen atoms in total. The van der Waals surface area contributed by atoms with Crippen LogP contribution >= 0.6 is 0 Å². The molecule has 0 unspecified atom stereocenters. The number of nitrogens with zero attached hydrogens (tertiary/aromatic N) is 1. The van der Waals surface area contributed by atoms with E-state index in [1.165, 1.54) is 5.56 Å². The fraction of sp³-hybridized carbons (Fsp3) is 0.241. The van der Waals surface area contributed by atoms with E-state index >= 15 is 0 Å². The van der Waals surface area contributed by atoms with Gasteiger partial charge in [-0.25, -0.2) is 0 Å². The van der Waals surface area contributed by atoms with Crippen LogP contribution in [-0.4, -0.2) is 23.6 Å². The van der Waals surface area contributed by atoms with E-state index in [0.29, 0.717) is 42.3 Å². The molecule has 0 saturated heterocycles. The molecule has 1 aromatic heterocycles. The Labute approximate surface area is 204 Å². The van der Waals surface area contributed by atoms with Crippen molar-refractivity contribution in [2.45, 2.75) is 33.4 Å². The van der Waals surface area contributed by atoms with E-state index < -0.39 is 0 Å². The van der Waals surface area contributed by atoms with Crippen molar-refractivity contribution in [1.82, 2.24) is 4.57 Å². The van der Waals surface area contributed by atoms with E-state index in [1.54, 1.807) is 4.57 Å². The van der Waals surface area contributed by atoms with Crippen molar-refractivity contribution >= 4 is 22.4 Å². The summed E-state index contributed by atoms with van der Waals surface area (Å²) in [5.74, 6) is 1.22. The van der Waals surface area contributed by atoms with Gasteiger partial charge in [0, 0.05) is 35.7 Å². The number of ketones is 1. The van der Waals surface area contributed by atoms with Crippen LogP contribution in [0.5, 0.6) is 11.5 Å². The molecule has 0 aliphatic carbocycles. The molecule has 0 amide bonds. The largest absolute Gasteiger partial charge is 0.486 e. The maximum atomic E-state index is 13.6. The molecule has 0 saturated carbocycles. The van der Waals surface area contributed by atoms with Crippen LogP contribution < -0.4 is 20.3 Å².